The molecular weight excluding hydrogens is 482 g/mol. The van der Waals surface area contributed by atoms with Gasteiger partial charge in [-0.25, -0.2) is 4.79 Å². The molecule has 1 aliphatic heterocycles. The van der Waals surface area contributed by atoms with Crippen molar-refractivity contribution in [3.05, 3.63) is 102 Å². The lowest BCUT2D eigenvalue weighted by Gasteiger charge is -2.24. The van der Waals surface area contributed by atoms with Crippen LogP contribution in [0.25, 0.3) is 0 Å². The molecule has 1 N–H and O–H groups in total. The molecule has 0 saturated carbocycles. The molecule has 2 atom stereocenters. The van der Waals surface area contributed by atoms with Gasteiger partial charge in [-0.15, -0.1) is 0 Å². The number of nitrogens with one attached hydrogen (secondary N) is 1. The molecule has 0 spiro atoms. The van der Waals surface area contributed by atoms with Crippen molar-refractivity contribution >= 4 is 23.6 Å². The smallest absolute Gasteiger partial charge is 0.329 e. The monoisotopic (exact) mass is 513 g/mol. The zero-order chi connectivity index (χ0) is 26.7. The Hall–Kier alpha value is -4.33. The molecule has 196 valence electrons. The van der Waals surface area contributed by atoms with Gasteiger partial charge in [-0.1, -0.05) is 54.6 Å². The number of amides is 2. The standard InChI is InChI=1S/C30H31N3O5/c34-27(25(19-23-11-7-17-31-20-23)32-29(36)24-12-5-2-6-13-24)15-16-28(35)33-18-8-14-26(33)30(37)38-21-22-9-3-1-4-10-22/h1-7,9-13,17,20,25-26H,8,14-16,18-19,21H2,(H,32,36)/t25?,26-/m0/s1. The van der Waals surface area contributed by atoms with Crippen LogP contribution in [0, 0.1) is 0 Å². The summed E-state index contributed by atoms with van der Waals surface area (Å²) in [7, 11) is 0. The molecule has 4 rings (SSSR count). The van der Waals surface area contributed by atoms with E-state index < -0.39 is 18.1 Å². The van der Waals surface area contributed by atoms with Gasteiger partial charge in [0.15, 0.2) is 5.78 Å². The maximum atomic E-state index is 13.2. The van der Waals surface area contributed by atoms with Gasteiger partial charge < -0.3 is 15.0 Å². The number of Topliss-reactive ketones (excluding diaryl/α,β-unsaturated/α-hetero) is 1. The quantitative estimate of drug-likeness (QED) is 0.394. The van der Waals surface area contributed by atoms with Crippen molar-refractivity contribution in [3.8, 4) is 0 Å². The highest BCUT2D eigenvalue weighted by Crippen LogP contribution is 2.21. The van der Waals surface area contributed by atoms with Gasteiger partial charge >= 0.3 is 5.97 Å². The first-order valence-corrected chi connectivity index (χ1v) is 12.8. The lowest BCUT2D eigenvalue weighted by Crippen LogP contribution is -2.44. The maximum absolute atomic E-state index is 13.2. The van der Waals surface area contributed by atoms with Crippen molar-refractivity contribution in [2.24, 2.45) is 0 Å². The van der Waals surface area contributed by atoms with Gasteiger partial charge in [-0.3, -0.25) is 19.4 Å². The van der Waals surface area contributed by atoms with E-state index in [0.717, 1.165) is 11.1 Å². The Labute approximate surface area is 222 Å². The molecule has 1 fully saturated rings. The Balaban J connectivity index is 1.35. The van der Waals surface area contributed by atoms with Crippen molar-refractivity contribution in [2.75, 3.05) is 6.54 Å². The second-order valence-corrected chi connectivity index (χ2v) is 9.26. The molecule has 1 aromatic heterocycles. The fourth-order valence-corrected chi connectivity index (χ4v) is 4.51. The molecule has 0 aliphatic carbocycles. The molecule has 2 aromatic carbocycles. The number of nitrogens with zero attached hydrogens (tertiary/aromatic N) is 2. The Morgan fingerprint density at radius 3 is 2.34 bits per heavy atom. The first-order chi connectivity index (χ1) is 18.5. The Morgan fingerprint density at radius 2 is 1.63 bits per heavy atom. The summed E-state index contributed by atoms with van der Waals surface area (Å²) >= 11 is 0. The number of ketones is 1. The molecule has 0 radical (unpaired) electrons. The third kappa shape index (κ3) is 7.35. The van der Waals surface area contributed by atoms with Crippen LogP contribution in [0.3, 0.4) is 0 Å². The van der Waals surface area contributed by atoms with Crippen LogP contribution in [0.1, 0.15) is 47.2 Å². The summed E-state index contributed by atoms with van der Waals surface area (Å²) in [4.78, 5) is 57.3. The van der Waals surface area contributed by atoms with Crippen LogP contribution in [0.15, 0.2) is 85.2 Å². The van der Waals surface area contributed by atoms with E-state index in [9.17, 15) is 19.2 Å². The van der Waals surface area contributed by atoms with E-state index in [1.165, 1.54) is 4.90 Å². The van der Waals surface area contributed by atoms with Gasteiger partial charge in [0.25, 0.3) is 5.91 Å². The number of carbonyl (C=O) groups is 4. The summed E-state index contributed by atoms with van der Waals surface area (Å²) in [6.07, 6.45) is 4.67. The zero-order valence-corrected chi connectivity index (χ0v) is 21.1. The molecule has 1 saturated heterocycles. The van der Waals surface area contributed by atoms with Gasteiger partial charge in [-0.2, -0.15) is 0 Å². The van der Waals surface area contributed by atoms with Crippen molar-refractivity contribution < 1.29 is 23.9 Å². The fraction of sp³-hybridized carbons (Fsp3) is 0.300. The number of pyridine rings is 1. The number of rotatable bonds is 11. The van der Waals surface area contributed by atoms with Crippen LogP contribution in [0.2, 0.25) is 0 Å². The summed E-state index contributed by atoms with van der Waals surface area (Å²) in [5.74, 6) is -1.32. The largest absolute Gasteiger partial charge is 0.459 e. The zero-order valence-electron chi connectivity index (χ0n) is 21.1. The average molecular weight is 514 g/mol. The van der Waals surface area contributed by atoms with E-state index in [2.05, 4.69) is 10.3 Å². The predicted octanol–water partition coefficient (Wildman–Crippen LogP) is 3.51. The number of likely N-dealkylation sites (tertiary alicyclic amines) is 1. The van der Waals surface area contributed by atoms with Crippen LogP contribution in [0.5, 0.6) is 0 Å². The first kappa shape index (κ1) is 26.7. The van der Waals surface area contributed by atoms with Crippen molar-refractivity contribution in [1.29, 1.82) is 0 Å². The molecular formula is C30H31N3O5. The molecule has 8 nitrogen and oxygen atoms in total. The molecule has 3 aromatic rings. The highest BCUT2D eigenvalue weighted by Gasteiger charge is 2.35. The topological polar surface area (TPSA) is 106 Å². The van der Waals surface area contributed by atoms with Gasteiger partial charge in [0.1, 0.15) is 12.6 Å². The van der Waals surface area contributed by atoms with Gasteiger partial charge in [0.05, 0.1) is 6.04 Å². The molecule has 2 amide bonds. The molecule has 8 heteroatoms. The summed E-state index contributed by atoms with van der Waals surface area (Å²) < 4.78 is 5.46. The number of ether oxygens (including phenoxy) is 1. The van der Waals surface area contributed by atoms with E-state index in [-0.39, 0.29) is 43.5 Å². The van der Waals surface area contributed by atoms with Gasteiger partial charge in [0, 0.05) is 43.8 Å². The lowest BCUT2D eigenvalue weighted by atomic mass is 9.99. The second kappa shape index (κ2) is 13.3. The number of benzene rings is 2. The molecule has 1 unspecified atom stereocenters. The van der Waals surface area contributed by atoms with Crippen molar-refractivity contribution in [1.82, 2.24) is 15.2 Å². The first-order valence-electron chi connectivity index (χ1n) is 12.8. The SMILES string of the molecule is O=C(NC(Cc1cccnc1)C(=O)CCC(=O)N1CCC[C@H]1C(=O)OCc1ccccc1)c1ccccc1. The third-order valence-corrected chi connectivity index (χ3v) is 6.55. The van der Waals surface area contributed by atoms with E-state index in [1.54, 1.807) is 42.7 Å². The predicted molar refractivity (Wildman–Crippen MR) is 141 cm³/mol. The highest BCUT2D eigenvalue weighted by molar-refractivity contribution is 5.98. The Morgan fingerprint density at radius 1 is 0.921 bits per heavy atom. The summed E-state index contributed by atoms with van der Waals surface area (Å²) in [6.45, 7) is 0.593. The van der Waals surface area contributed by atoms with E-state index >= 15 is 0 Å². The normalized spacial score (nSPS) is 15.5. The number of carbonyl (C=O) groups excluding carboxylic acids is 4. The number of hydrogen-bond acceptors (Lipinski definition) is 6. The minimum atomic E-state index is -0.815. The molecule has 1 aliphatic rings. The van der Waals surface area contributed by atoms with Crippen LogP contribution >= 0.6 is 0 Å². The fourth-order valence-electron chi connectivity index (χ4n) is 4.51. The van der Waals surface area contributed by atoms with Crippen molar-refractivity contribution in [2.45, 2.75) is 50.8 Å². The van der Waals surface area contributed by atoms with E-state index in [1.807, 2.05) is 42.5 Å². The summed E-state index contributed by atoms with van der Waals surface area (Å²) in [5.41, 5.74) is 2.12. The lowest BCUT2D eigenvalue weighted by molar-refractivity contribution is -0.154. The average Bonchev–Trinajstić information content (AvgIpc) is 3.46. The molecule has 38 heavy (non-hydrogen) atoms. The molecule has 0 bridgehead atoms. The highest BCUT2D eigenvalue weighted by atomic mass is 16.5. The Kier molecular flexibility index (Phi) is 9.34. The van der Waals surface area contributed by atoms with Crippen molar-refractivity contribution in [3.63, 3.8) is 0 Å². The maximum Gasteiger partial charge on any atom is 0.329 e. The van der Waals surface area contributed by atoms with Crippen LogP contribution in [-0.2, 0) is 32.1 Å². The van der Waals surface area contributed by atoms with E-state index in [4.69, 9.17) is 4.74 Å². The molecule has 2 heterocycles. The summed E-state index contributed by atoms with van der Waals surface area (Å²) in [5, 5.41) is 2.82. The van der Waals surface area contributed by atoms with Crippen LogP contribution in [-0.4, -0.2) is 52.1 Å². The minimum Gasteiger partial charge on any atom is -0.459 e. The van der Waals surface area contributed by atoms with Crippen LogP contribution < -0.4 is 5.32 Å². The second-order valence-electron chi connectivity index (χ2n) is 9.26. The van der Waals surface area contributed by atoms with Crippen LogP contribution in [0.4, 0.5) is 0 Å². The Bertz CT molecular complexity index is 1230. The minimum absolute atomic E-state index is 0.0496. The van der Waals surface area contributed by atoms with E-state index in [0.29, 0.717) is 24.9 Å². The number of esters is 1. The number of aromatic nitrogens is 1. The van der Waals surface area contributed by atoms with Gasteiger partial charge in [-0.05, 0) is 42.2 Å². The number of hydrogen-bond donors (Lipinski definition) is 1. The third-order valence-electron chi connectivity index (χ3n) is 6.55. The summed E-state index contributed by atoms with van der Waals surface area (Å²) in [6, 6.07) is 20.2. The van der Waals surface area contributed by atoms with Gasteiger partial charge in [0.2, 0.25) is 5.91 Å².